The van der Waals surface area contributed by atoms with Gasteiger partial charge < -0.3 is 9.32 Å². The normalized spacial score (nSPS) is 16.3. The first-order chi connectivity index (χ1) is 8.89. The lowest BCUT2D eigenvalue weighted by Gasteiger charge is -2.35. The van der Waals surface area contributed by atoms with Crippen molar-refractivity contribution in [2.24, 2.45) is 0 Å². The predicted molar refractivity (Wildman–Crippen MR) is 86.0 cm³/mol. The Balaban J connectivity index is 4.57. The summed E-state index contributed by atoms with van der Waals surface area (Å²) in [6.07, 6.45) is 2.53. The zero-order chi connectivity index (χ0) is 14.9. The zero-order valence-corrected chi connectivity index (χ0v) is 14.7. The molecular formula is C13H29N2O2PS. The summed E-state index contributed by atoms with van der Waals surface area (Å²) in [6.45, 7) is 10.3. The van der Waals surface area contributed by atoms with Crippen LogP contribution in [-0.4, -0.2) is 36.2 Å². The summed E-state index contributed by atoms with van der Waals surface area (Å²) in [5.74, 6) is 0.223. The fourth-order valence-corrected chi connectivity index (χ4v) is 5.31. The van der Waals surface area contributed by atoms with Gasteiger partial charge in [-0.1, -0.05) is 20.8 Å². The maximum atomic E-state index is 11.0. The van der Waals surface area contributed by atoms with Crippen LogP contribution in [0.2, 0.25) is 0 Å². The molecule has 0 aromatic rings. The predicted octanol–water partition coefficient (Wildman–Crippen LogP) is 3.33. The first kappa shape index (κ1) is 19.2. The molecule has 0 aliphatic carbocycles. The summed E-state index contributed by atoms with van der Waals surface area (Å²) in [7, 11) is 0. The van der Waals surface area contributed by atoms with E-state index in [1.165, 1.54) is 0 Å². The molecule has 2 unspecified atom stereocenters. The average molecular weight is 308 g/mol. The van der Waals surface area contributed by atoms with Crippen molar-refractivity contribution in [3.8, 4) is 0 Å². The Morgan fingerprint density at radius 2 is 1.95 bits per heavy atom. The van der Waals surface area contributed by atoms with Gasteiger partial charge in [0.2, 0.25) is 6.57 Å². The second-order valence-corrected chi connectivity index (χ2v) is 8.32. The molecule has 0 amide bonds. The minimum absolute atomic E-state index is 0.159. The Morgan fingerprint density at radius 3 is 2.37 bits per heavy atom. The highest BCUT2D eigenvalue weighted by Gasteiger charge is 2.26. The minimum atomic E-state index is -2.16. The first-order valence-electron chi connectivity index (χ1n) is 7.18. The maximum absolute atomic E-state index is 11.0. The number of carbonyl (C=O) groups is 1. The van der Waals surface area contributed by atoms with Gasteiger partial charge in [0.05, 0.1) is 6.10 Å². The van der Waals surface area contributed by atoms with Crippen LogP contribution in [0.3, 0.4) is 0 Å². The molecule has 0 fully saturated rings. The monoisotopic (exact) mass is 308 g/mol. The summed E-state index contributed by atoms with van der Waals surface area (Å²) in [5.41, 5.74) is 0. The van der Waals surface area contributed by atoms with Crippen LogP contribution in [0.15, 0.2) is 0 Å². The first-order valence-corrected chi connectivity index (χ1v) is 9.85. The van der Waals surface area contributed by atoms with Gasteiger partial charge in [-0.2, -0.15) is 0 Å². The molecule has 19 heavy (non-hydrogen) atoms. The largest absolute Gasteiger partial charge is 0.324 e. The van der Waals surface area contributed by atoms with Crippen LogP contribution < -0.4 is 5.09 Å². The van der Waals surface area contributed by atoms with Crippen molar-refractivity contribution in [1.82, 2.24) is 9.76 Å². The van der Waals surface area contributed by atoms with Gasteiger partial charge in [0.25, 0.3) is 0 Å². The van der Waals surface area contributed by atoms with Gasteiger partial charge in [0.15, 0.2) is 0 Å². The molecule has 0 bridgehead atoms. The highest BCUT2D eigenvalue weighted by Crippen LogP contribution is 2.48. The molecule has 2 atom stereocenters. The Bertz CT molecular complexity index is 309. The summed E-state index contributed by atoms with van der Waals surface area (Å²) in [4.78, 5) is 11.0. The minimum Gasteiger partial charge on any atom is -0.324 e. The van der Waals surface area contributed by atoms with Gasteiger partial charge in [-0.15, -0.1) is 0 Å². The molecule has 0 rings (SSSR count). The van der Waals surface area contributed by atoms with Gasteiger partial charge in [-0.25, -0.2) is 4.67 Å². The third-order valence-electron chi connectivity index (χ3n) is 3.02. The van der Waals surface area contributed by atoms with E-state index in [-0.39, 0.29) is 11.9 Å². The Kier molecular flexibility index (Phi) is 10.1. The lowest BCUT2D eigenvalue weighted by molar-refractivity contribution is -0.117. The van der Waals surface area contributed by atoms with E-state index in [0.717, 1.165) is 32.5 Å². The second-order valence-electron chi connectivity index (χ2n) is 4.70. The van der Waals surface area contributed by atoms with Crippen LogP contribution in [0.25, 0.3) is 0 Å². The standard InChI is InChI=1S/C13H29N2O2PS/c1-6-13(5)17-18(19,15(7-2)8-3)14-11-9-10-12(4)16/h13H,6-11H2,1-5H3,(H,14,19). The van der Waals surface area contributed by atoms with Crippen molar-refractivity contribution in [2.45, 2.75) is 60.0 Å². The lowest BCUT2D eigenvalue weighted by atomic mass is 10.2. The molecule has 0 saturated heterocycles. The number of hydrogen-bond acceptors (Lipinski definition) is 3. The molecule has 0 saturated carbocycles. The molecule has 4 nitrogen and oxygen atoms in total. The van der Waals surface area contributed by atoms with Crippen molar-refractivity contribution < 1.29 is 9.32 Å². The highest BCUT2D eigenvalue weighted by molar-refractivity contribution is 8.10. The van der Waals surface area contributed by atoms with Crippen molar-refractivity contribution in [2.75, 3.05) is 19.6 Å². The van der Waals surface area contributed by atoms with Crippen LogP contribution in [-0.2, 0) is 21.1 Å². The van der Waals surface area contributed by atoms with E-state index in [2.05, 4.69) is 37.5 Å². The van der Waals surface area contributed by atoms with E-state index in [1.54, 1.807) is 6.92 Å². The molecule has 0 aliphatic heterocycles. The maximum Gasteiger partial charge on any atom is 0.200 e. The Hall–Kier alpha value is 0.200. The molecule has 6 heteroatoms. The van der Waals surface area contributed by atoms with Crippen LogP contribution in [0, 0.1) is 0 Å². The second kappa shape index (κ2) is 10.0. The average Bonchev–Trinajstić information content (AvgIpc) is 2.35. The fourth-order valence-electron chi connectivity index (χ4n) is 1.68. The Morgan fingerprint density at radius 1 is 1.37 bits per heavy atom. The van der Waals surface area contributed by atoms with Crippen molar-refractivity contribution in [3.05, 3.63) is 0 Å². The van der Waals surface area contributed by atoms with Crippen LogP contribution in [0.4, 0.5) is 0 Å². The van der Waals surface area contributed by atoms with E-state index < -0.39 is 6.57 Å². The van der Waals surface area contributed by atoms with E-state index in [4.69, 9.17) is 16.3 Å². The van der Waals surface area contributed by atoms with Gasteiger partial charge in [-0.3, -0.25) is 5.09 Å². The molecule has 114 valence electrons. The third kappa shape index (κ3) is 7.52. The SMILES string of the molecule is CCC(C)OP(=S)(NCCCC(C)=O)N(CC)CC. The highest BCUT2D eigenvalue weighted by atomic mass is 32.5. The van der Waals surface area contributed by atoms with Gasteiger partial charge in [0, 0.05) is 26.1 Å². The molecule has 0 aliphatic rings. The molecule has 0 aromatic heterocycles. The third-order valence-corrected chi connectivity index (χ3v) is 6.93. The molecular weight excluding hydrogens is 279 g/mol. The summed E-state index contributed by atoms with van der Waals surface area (Å²) in [6, 6.07) is 0. The number of hydrogen-bond donors (Lipinski definition) is 1. The van der Waals surface area contributed by atoms with E-state index >= 15 is 0 Å². The van der Waals surface area contributed by atoms with E-state index in [1.807, 2.05) is 0 Å². The van der Waals surface area contributed by atoms with Crippen molar-refractivity contribution in [3.63, 3.8) is 0 Å². The number of rotatable bonds is 11. The van der Waals surface area contributed by atoms with Crippen LogP contribution in [0.5, 0.6) is 0 Å². The lowest BCUT2D eigenvalue weighted by Crippen LogP contribution is -2.31. The molecule has 1 N–H and O–H groups in total. The van der Waals surface area contributed by atoms with Gasteiger partial charge in [0.1, 0.15) is 5.78 Å². The molecule has 0 spiro atoms. The number of ketones is 1. The zero-order valence-electron chi connectivity index (χ0n) is 12.9. The fraction of sp³-hybridized carbons (Fsp3) is 0.923. The van der Waals surface area contributed by atoms with Crippen molar-refractivity contribution in [1.29, 1.82) is 0 Å². The molecule has 0 heterocycles. The van der Waals surface area contributed by atoms with Crippen LogP contribution in [0.1, 0.15) is 53.9 Å². The van der Waals surface area contributed by atoms with Crippen molar-refractivity contribution >= 4 is 24.2 Å². The number of nitrogens with one attached hydrogen (secondary N) is 1. The molecule has 0 radical (unpaired) electrons. The van der Waals surface area contributed by atoms with Gasteiger partial charge in [-0.05, 0) is 38.5 Å². The summed E-state index contributed by atoms with van der Waals surface area (Å²) < 4.78 is 8.29. The van der Waals surface area contributed by atoms with Gasteiger partial charge >= 0.3 is 0 Å². The summed E-state index contributed by atoms with van der Waals surface area (Å²) >= 11 is 5.76. The number of carbonyl (C=O) groups excluding carboxylic acids is 1. The quantitative estimate of drug-likeness (QED) is 0.468. The number of nitrogens with zero attached hydrogens (tertiary/aromatic N) is 1. The smallest absolute Gasteiger partial charge is 0.200 e. The topological polar surface area (TPSA) is 41.6 Å². The van der Waals surface area contributed by atoms with Crippen LogP contribution >= 0.6 is 6.57 Å². The van der Waals surface area contributed by atoms with E-state index in [0.29, 0.717) is 6.42 Å². The Labute approximate surface area is 123 Å². The van der Waals surface area contributed by atoms with E-state index in [9.17, 15) is 4.79 Å². The summed E-state index contributed by atoms with van der Waals surface area (Å²) in [5, 5.41) is 3.40. The number of Topliss-reactive ketones (excluding diaryl/α,β-unsaturated/α-hetero) is 1. The molecule has 0 aromatic carbocycles.